The van der Waals surface area contributed by atoms with Crippen LogP contribution in [0, 0.1) is 0 Å². The summed E-state index contributed by atoms with van der Waals surface area (Å²) in [6.07, 6.45) is 7.09. The lowest BCUT2D eigenvalue weighted by Crippen LogP contribution is -2.26. The van der Waals surface area contributed by atoms with E-state index < -0.39 is 0 Å². The fraction of sp³-hybridized carbons (Fsp3) is 0.296. The van der Waals surface area contributed by atoms with E-state index >= 15 is 0 Å². The largest absolute Gasteiger partial charge is 0.338 e. The molecular weight excluding hydrogens is 448 g/mol. The smallest absolute Gasteiger partial charge is 0.246 e. The first kappa shape index (κ1) is 25.4. The first-order valence-electron chi connectivity index (χ1n) is 11.3. The van der Waals surface area contributed by atoms with Crippen LogP contribution in [0.2, 0.25) is 0 Å². The van der Waals surface area contributed by atoms with Gasteiger partial charge in [-0.2, -0.15) is 0 Å². The van der Waals surface area contributed by atoms with Gasteiger partial charge in [0, 0.05) is 38.0 Å². The van der Waals surface area contributed by atoms with Crippen LogP contribution < -0.4 is 5.32 Å². The number of aromatic nitrogens is 1. The van der Waals surface area contributed by atoms with Gasteiger partial charge in [0.15, 0.2) is 0 Å². The van der Waals surface area contributed by atoms with Crippen LogP contribution in [-0.2, 0) is 29.1 Å². The second-order valence-electron chi connectivity index (χ2n) is 8.70. The number of amides is 2. The minimum Gasteiger partial charge on any atom is -0.338 e. The number of anilines is 1. The molecule has 1 aliphatic heterocycles. The van der Waals surface area contributed by atoms with Crippen LogP contribution in [-0.4, -0.2) is 47.2 Å². The maximum atomic E-state index is 12.8. The molecule has 4 rings (SSSR count). The first-order chi connectivity index (χ1) is 15.9. The lowest BCUT2D eigenvalue weighted by molar-refractivity contribution is -0.125. The van der Waals surface area contributed by atoms with E-state index in [2.05, 4.69) is 53.6 Å². The second kappa shape index (κ2) is 11.3. The highest BCUT2D eigenvalue weighted by Gasteiger charge is 2.17. The number of carbonyl (C=O) groups excluding carboxylic acids is 2. The zero-order valence-corrected chi connectivity index (χ0v) is 20.7. The minimum atomic E-state index is -0.0695. The van der Waals surface area contributed by atoms with Crippen molar-refractivity contribution in [1.29, 1.82) is 0 Å². The molecule has 6 nitrogen and oxygen atoms in total. The molecule has 0 unspecified atom stereocenters. The summed E-state index contributed by atoms with van der Waals surface area (Å²) in [5.41, 5.74) is 4.27. The molecule has 0 fully saturated rings. The molecule has 1 aliphatic rings. The van der Waals surface area contributed by atoms with Crippen LogP contribution in [0.15, 0.2) is 54.7 Å². The molecule has 2 heterocycles. The van der Waals surface area contributed by atoms with Gasteiger partial charge in [0.25, 0.3) is 0 Å². The molecule has 2 aromatic carbocycles. The average Bonchev–Trinajstić information content (AvgIpc) is 2.94. The third kappa shape index (κ3) is 5.82. The van der Waals surface area contributed by atoms with Crippen molar-refractivity contribution in [3.8, 4) is 0 Å². The Kier molecular flexibility index (Phi) is 8.42. The van der Waals surface area contributed by atoms with Gasteiger partial charge >= 0.3 is 0 Å². The molecule has 7 heteroatoms. The fourth-order valence-electron chi connectivity index (χ4n) is 4.32. The van der Waals surface area contributed by atoms with Crippen molar-refractivity contribution in [2.24, 2.45) is 0 Å². The Morgan fingerprint density at radius 2 is 2.00 bits per heavy atom. The van der Waals surface area contributed by atoms with Crippen LogP contribution in [0.1, 0.15) is 35.6 Å². The van der Waals surface area contributed by atoms with E-state index in [0.717, 1.165) is 24.0 Å². The summed E-state index contributed by atoms with van der Waals surface area (Å²) >= 11 is 0. The lowest BCUT2D eigenvalue weighted by Gasteiger charge is -2.19. The minimum absolute atomic E-state index is 0. The Bertz CT molecular complexity index is 1220. The summed E-state index contributed by atoms with van der Waals surface area (Å²) in [5.74, 6) is 0.454. The lowest BCUT2D eigenvalue weighted by atomic mass is 9.95. The van der Waals surface area contributed by atoms with E-state index in [1.165, 1.54) is 21.9 Å². The number of aryl methyl sites for hydroxylation is 1. The highest BCUT2D eigenvalue weighted by molar-refractivity contribution is 5.94. The third-order valence-electron chi connectivity index (χ3n) is 5.94. The molecule has 2 amide bonds. The normalized spacial score (nSPS) is 13.8. The number of nitrogens with one attached hydrogen (secondary N) is 1. The van der Waals surface area contributed by atoms with Gasteiger partial charge in [0.05, 0.1) is 6.54 Å². The number of pyridine rings is 1. The average molecular weight is 479 g/mol. The number of likely N-dealkylation sites (N-methyl/N-ethyl adjacent to an activating group) is 2. The van der Waals surface area contributed by atoms with Gasteiger partial charge in [-0.05, 0) is 53.1 Å². The molecule has 1 N–H and O–H groups in total. The van der Waals surface area contributed by atoms with Crippen molar-refractivity contribution >= 4 is 46.9 Å². The van der Waals surface area contributed by atoms with Crippen molar-refractivity contribution in [2.45, 2.75) is 32.9 Å². The van der Waals surface area contributed by atoms with Gasteiger partial charge in [0.2, 0.25) is 11.8 Å². The predicted molar refractivity (Wildman–Crippen MR) is 140 cm³/mol. The molecular formula is C27H31ClN4O2. The summed E-state index contributed by atoms with van der Waals surface area (Å²) in [6, 6.07) is 14.7. The van der Waals surface area contributed by atoms with Crippen LogP contribution in [0.4, 0.5) is 5.82 Å². The number of carbonyl (C=O) groups is 2. The quantitative estimate of drug-likeness (QED) is 0.523. The van der Waals surface area contributed by atoms with Crippen molar-refractivity contribution in [2.75, 3.05) is 26.0 Å². The van der Waals surface area contributed by atoms with Crippen LogP contribution in [0.3, 0.4) is 0 Å². The number of benzene rings is 2. The van der Waals surface area contributed by atoms with Crippen LogP contribution >= 0.6 is 12.4 Å². The molecule has 0 spiro atoms. The van der Waals surface area contributed by atoms with Crippen LogP contribution in [0.5, 0.6) is 0 Å². The Morgan fingerprint density at radius 1 is 1.21 bits per heavy atom. The third-order valence-corrected chi connectivity index (χ3v) is 5.94. The van der Waals surface area contributed by atoms with Gasteiger partial charge < -0.3 is 10.2 Å². The van der Waals surface area contributed by atoms with Crippen molar-refractivity contribution in [1.82, 2.24) is 14.8 Å². The zero-order valence-electron chi connectivity index (χ0n) is 19.9. The van der Waals surface area contributed by atoms with E-state index in [1.54, 1.807) is 23.2 Å². The Balaban J connectivity index is 0.00000324. The van der Waals surface area contributed by atoms with Gasteiger partial charge in [0.1, 0.15) is 5.82 Å². The van der Waals surface area contributed by atoms with Crippen LogP contribution in [0.25, 0.3) is 16.8 Å². The van der Waals surface area contributed by atoms with E-state index in [0.29, 0.717) is 25.5 Å². The Morgan fingerprint density at radius 3 is 2.79 bits per heavy atom. The zero-order chi connectivity index (χ0) is 23.4. The van der Waals surface area contributed by atoms with Crippen molar-refractivity contribution in [3.05, 3.63) is 77.0 Å². The predicted octanol–water partition coefficient (Wildman–Crippen LogP) is 4.66. The molecule has 0 saturated heterocycles. The molecule has 0 aliphatic carbocycles. The van der Waals surface area contributed by atoms with Gasteiger partial charge in [-0.15, -0.1) is 12.4 Å². The van der Waals surface area contributed by atoms with Gasteiger partial charge in [-0.3, -0.25) is 14.5 Å². The standard InChI is InChI=1S/C27H30N4O2.ClH/c1-4-7-23-21(12-11-20-8-5-6-9-24(20)23)17-31(3)26(33)13-10-19-14-22-16-30(2)18-25(32)29-27(22)28-15-19;/h5-6,8-15H,4,7,16-18H2,1-3H3,(H,28,29,32);1H/b13-10+;. The Labute approximate surface area is 207 Å². The second-order valence-corrected chi connectivity index (χ2v) is 8.70. The summed E-state index contributed by atoms with van der Waals surface area (Å²) in [7, 11) is 3.73. The molecule has 178 valence electrons. The molecule has 3 aromatic rings. The van der Waals surface area contributed by atoms with Gasteiger partial charge in [-0.25, -0.2) is 4.98 Å². The molecule has 0 atom stereocenters. The van der Waals surface area contributed by atoms with E-state index in [-0.39, 0.29) is 24.2 Å². The van der Waals surface area contributed by atoms with E-state index in [1.807, 2.05) is 25.1 Å². The van der Waals surface area contributed by atoms with E-state index in [4.69, 9.17) is 0 Å². The van der Waals surface area contributed by atoms with Gasteiger partial charge in [-0.1, -0.05) is 49.7 Å². The number of fused-ring (bicyclic) bond motifs is 2. The van der Waals surface area contributed by atoms with Crippen molar-refractivity contribution in [3.63, 3.8) is 0 Å². The number of rotatable bonds is 6. The first-order valence-corrected chi connectivity index (χ1v) is 11.3. The molecule has 0 saturated carbocycles. The topological polar surface area (TPSA) is 65.5 Å². The number of halogens is 1. The molecule has 0 bridgehead atoms. The number of hydrogen-bond donors (Lipinski definition) is 1. The summed E-state index contributed by atoms with van der Waals surface area (Å²) < 4.78 is 0. The van der Waals surface area contributed by atoms with Crippen molar-refractivity contribution < 1.29 is 9.59 Å². The number of hydrogen-bond acceptors (Lipinski definition) is 4. The fourth-order valence-corrected chi connectivity index (χ4v) is 4.32. The molecule has 0 radical (unpaired) electrons. The Hall–Kier alpha value is -3.22. The maximum Gasteiger partial charge on any atom is 0.246 e. The molecule has 34 heavy (non-hydrogen) atoms. The SMILES string of the molecule is CCCc1c(CN(C)C(=O)/C=C/c2cnc3c(c2)CN(C)CC(=O)N3)ccc2ccccc12.Cl. The maximum absolute atomic E-state index is 12.8. The molecule has 1 aromatic heterocycles. The highest BCUT2D eigenvalue weighted by Crippen LogP contribution is 2.25. The van der Waals surface area contributed by atoms with E-state index in [9.17, 15) is 9.59 Å². The highest BCUT2D eigenvalue weighted by atomic mass is 35.5. The monoisotopic (exact) mass is 478 g/mol. The summed E-state index contributed by atoms with van der Waals surface area (Å²) in [5, 5.41) is 5.33. The summed E-state index contributed by atoms with van der Waals surface area (Å²) in [4.78, 5) is 32.8. The number of nitrogens with zero attached hydrogens (tertiary/aromatic N) is 3. The summed E-state index contributed by atoms with van der Waals surface area (Å²) in [6.45, 7) is 3.70.